The lowest BCUT2D eigenvalue weighted by atomic mass is 10.2. The Kier molecular flexibility index (Phi) is 4.61. The highest BCUT2D eigenvalue weighted by Gasteiger charge is 2.39. The van der Waals surface area contributed by atoms with Crippen molar-refractivity contribution < 1.29 is 19.0 Å². The molecule has 0 aliphatic carbocycles. The van der Waals surface area contributed by atoms with Gasteiger partial charge in [-0.05, 0) is 12.1 Å². The molecule has 150 valence electrons. The maximum atomic E-state index is 11.5. The van der Waals surface area contributed by atoms with Crippen LogP contribution in [0.5, 0.6) is 0 Å². The first-order chi connectivity index (χ1) is 14.2. The number of nitrogens with zero attached hydrogens (tertiary/aromatic N) is 5. The summed E-state index contributed by atoms with van der Waals surface area (Å²) in [6.45, 7) is 2.38. The Balaban J connectivity index is 1.26. The molecule has 2 aromatic heterocycles. The Bertz CT molecular complexity index is 1010. The first-order valence-electron chi connectivity index (χ1n) is 9.53. The Hall–Kier alpha value is -3.04. The van der Waals surface area contributed by atoms with Gasteiger partial charge in [-0.2, -0.15) is 0 Å². The molecule has 2 saturated heterocycles. The molecule has 2 fully saturated rings. The summed E-state index contributed by atoms with van der Waals surface area (Å²) in [4.78, 5) is 26.6. The number of anilines is 1. The lowest BCUT2D eigenvalue weighted by Gasteiger charge is -2.19. The van der Waals surface area contributed by atoms with Gasteiger partial charge in [0.2, 0.25) is 5.95 Å². The maximum absolute atomic E-state index is 11.5. The van der Waals surface area contributed by atoms with E-state index in [4.69, 9.17) is 9.47 Å². The van der Waals surface area contributed by atoms with E-state index in [0.717, 1.165) is 11.0 Å². The van der Waals surface area contributed by atoms with Gasteiger partial charge in [-0.15, -0.1) is 0 Å². The molecule has 0 unspecified atom stereocenters. The normalized spacial score (nSPS) is 22.4. The van der Waals surface area contributed by atoms with Crippen molar-refractivity contribution in [2.45, 2.75) is 18.2 Å². The van der Waals surface area contributed by atoms with Crippen LogP contribution in [0.15, 0.2) is 43.0 Å². The summed E-state index contributed by atoms with van der Waals surface area (Å²) < 4.78 is 19.2. The van der Waals surface area contributed by atoms with E-state index in [1.807, 2.05) is 29.4 Å². The molecule has 0 radical (unpaired) electrons. The van der Waals surface area contributed by atoms with Crippen molar-refractivity contribution in [3.63, 3.8) is 0 Å². The van der Waals surface area contributed by atoms with Crippen molar-refractivity contribution in [2.24, 2.45) is 0 Å². The van der Waals surface area contributed by atoms with E-state index in [0.29, 0.717) is 37.8 Å². The number of fused-ring (bicyclic) bond motifs is 2. The number of hydrogen-bond acceptors (Lipinski definition) is 8. The predicted octanol–water partition coefficient (Wildman–Crippen LogP) is 1.46. The number of esters is 1. The smallest absolute Gasteiger partial charge is 0.341 e. The number of ether oxygens (including phenoxy) is 3. The van der Waals surface area contributed by atoms with Gasteiger partial charge in [0.1, 0.15) is 12.2 Å². The molecule has 5 rings (SSSR count). The van der Waals surface area contributed by atoms with E-state index in [2.05, 4.69) is 30.3 Å². The van der Waals surface area contributed by atoms with Crippen LogP contribution in [0, 0.1) is 0 Å². The molecule has 29 heavy (non-hydrogen) atoms. The molecular weight excluding hydrogens is 374 g/mol. The van der Waals surface area contributed by atoms with Gasteiger partial charge in [-0.1, -0.05) is 12.1 Å². The zero-order chi connectivity index (χ0) is 19.8. The summed E-state index contributed by atoms with van der Waals surface area (Å²) in [5.41, 5.74) is 2.38. The molecule has 0 N–H and O–H groups in total. The molecule has 9 heteroatoms. The summed E-state index contributed by atoms with van der Waals surface area (Å²) in [5, 5.41) is 0. The fourth-order valence-corrected chi connectivity index (χ4v) is 3.88. The third-order valence-corrected chi connectivity index (χ3v) is 5.44. The molecule has 1 aromatic carbocycles. The van der Waals surface area contributed by atoms with Crippen molar-refractivity contribution in [3.05, 3.63) is 48.5 Å². The number of benzene rings is 1. The number of aromatic nitrogens is 4. The van der Waals surface area contributed by atoms with Gasteiger partial charge >= 0.3 is 5.97 Å². The highest BCUT2D eigenvalue weighted by atomic mass is 16.6. The summed E-state index contributed by atoms with van der Waals surface area (Å²) in [6.07, 6.45) is 4.69. The van der Waals surface area contributed by atoms with Crippen LogP contribution in [0.1, 0.15) is 16.4 Å². The van der Waals surface area contributed by atoms with E-state index in [1.54, 1.807) is 0 Å². The molecule has 0 spiro atoms. The number of carbonyl (C=O) groups excluding carboxylic acids is 1. The summed E-state index contributed by atoms with van der Waals surface area (Å²) >= 11 is 0. The lowest BCUT2D eigenvalue weighted by Crippen LogP contribution is -2.27. The maximum Gasteiger partial charge on any atom is 0.341 e. The van der Waals surface area contributed by atoms with Crippen molar-refractivity contribution in [2.75, 3.05) is 38.3 Å². The first kappa shape index (κ1) is 18.0. The van der Waals surface area contributed by atoms with Crippen molar-refractivity contribution in [1.29, 1.82) is 0 Å². The zero-order valence-corrected chi connectivity index (χ0v) is 16.0. The minimum absolute atomic E-state index is 0.0568. The number of imidazole rings is 1. The molecule has 0 saturated carbocycles. The van der Waals surface area contributed by atoms with Crippen LogP contribution in [0.25, 0.3) is 11.0 Å². The number of methoxy groups -OCH3 is 1. The molecular formula is C20H21N5O4. The fourth-order valence-electron chi connectivity index (χ4n) is 3.88. The Morgan fingerprint density at radius 3 is 2.45 bits per heavy atom. The molecule has 0 bridgehead atoms. The summed E-state index contributed by atoms with van der Waals surface area (Å²) in [7, 11) is 1.33. The predicted molar refractivity (Wildman–Crippen MR) is 104 cm³/mol. The SMILES string of the molecule is COC(=O)c1cnc(N2C[C@@H]3OCC(n4cnc5ccccc54)CO[C@H]3C2)nc1. The van der Waals surface area contributed by atoms with Crippen molar-refractivity contribution in [1.82, 2.24) is 19.5 Å². The number of para-hydroxylation sites is 2. The molecule has 2 aliphatic heterocycles. The highest BCUT2D eigenvalue weighted by Crippen LogP contribution is 2.27. The quantitative estimate of drug-likeness (QED) is 0.616. The third-order valence-electron chi connectivity index (χ3n) is 5.44. The minimum Gasteiger partial charge on any atom is -0.465 e. The van der Waals surface area contributed by atoms with Crippen molar-refractivity contribution >= 4 is 23.0 Å². The minimum atomic E-state index is -0.451. The number of carbonyl (C=O) groups is 1. The lowest BCUT2D eigenvalue weighted by molar-refractivity contribution is -0.00461. The molecule has 4 heterocycles. The fraction of sp³-hybridized carbons (Fsp3) is 0.400. The van der Waals surface area contributed by atoms with Gasteiger partial charge in [0, 0.05) is 25.5 Å². The first-order valence-corrected chi connectivity index (χ1v) is 9.53. The van der Waals surface area contributed by atoms with Gasteiger partial charge in [-0.25, -0.2) is 19.7 Å². The van der Waals surface area contributed by atoms with Crippen LogP contribution >= 0.6 is 0 Å². The summed E-state index contributed by atoms with van der Waals surface area (Å²) in [6, 6.07) is 8.14. The highest BCUT2D eigenvalue weighted by molar-refractivity contribution is 5.88. The molecule has 2 atom stereocenters. The molecule has 0 amide bonds. The molecule has 3 aromatic rings. The van der Waals surface area contributed by atoms with Gasteiger partial charge < -0.3 is 23.7 Å². The Morgan fingerprint density at radius 2 is 1.76 bits per heavy atom. The van der Waals surface area contributed by atoms with Gasteiger partial charge in [0.05, 0.1) is 49.3 Å². The average Bonchev–Trinajstić information content (AvgIpc) is 3.33. The summed E-state index contributed by atoms with van der Waals surface area (Å²) in [5.74, 6) is 0.0999. The number of hydrogen-bond donors (Lipinski definition) is 0. The number of rotatable bonds is 3. The second-order valence-electron chi connectivity index (χ2n) is 7.21. The second-order valence-corrected chi connectivity index (χ2v) is 7.21. The Morgan fingerprint density at radius 1 is 1.07 bits per heavy atom. The van der Waals surface area contributed by atoms with Crippen LogP contribution in [0.2, 0.25) is 0 Å². The molecule has 2 aliphatic rings. The van der Waals surface area contributed by atoms with Gasteiger partial charge in [-0.3, -0.25) is 0 Å². The van der Waals surface area contributed by atoms with E-state index >= 15 is 0 Å². The second kappa shape index (κ2) is 7.41. The van der Waals surface area contributed by atoms with Crippen LogP contribution < -0.4 is 4.90 Å². The third kappa shape index (κ3) is 3.32. The molecule has 9 nitrogen and oxygen atoms in total. The Labute approximate surface area is 167 Å². The van der Waals surface area contributed by atoms with Crippen molar-refractivity contribution in [3.8, 4) is 0 Å². The van der Waals surface area contributed by atoms with Crippen LogP contribution in [-0.4, -0.2) is 71.1 Å². The van der Waals surface area contributed by atoms with E-state index < -0.39 is 5.97 Å². The topological polar surface area (TPSA) is 91.6 Å². The largest absolute Gasteiger partial charge is 0.465 e. The standard InChI is InChI=1S/C20H21N5O4/c1-27-19(26)13-6-21-20(22-7-13)24-8-17-18(9-24)29-11-14(10-28-17)25-12-23-15-4-2-3-5-16(15)25/h2-7,12,14,17-18H,8-11H2,1H3/t17-,18-/m0/s1. The van der Waals surface area contributed by atoms with E-state index in [9.17, 15) is 4.79 Å². The van der Waals surface area contributed by atoms with Gasteiger partial charge in [0.25, 0.3) is 0 Å². The van der Waals surface area contributed by atoms with E-state index in [-0.39, 0.29) is 18.2 Å². The van der Waals surface area contributed by atoms with Crippen LogP contribution in [-0.2, 0) is 14.2 Å². The zero-order valence-electron chi connectivity index (χ0n) is 16.0. The van der Waals surface area contributed by atoms with Crippen LogP contribution in [0.3, 0.4) is 0 Å². The average molecular weight is 395 g/mol. The van der Waals surface area contributed by atoms with E-state index in [1.165, 1.54) is 19.5 Å². The van der Waals surface area contributed by atoms with Gasteiger partial charge in [0.15, 0.2) is 0 Å². The van der Waals surface area contributed by atoms with Crippen LogP contribution in [0.4, 0.5) is 5.95 Å². The monoisotopic (exact) mass is 395 g/mol.